The van der Waals surface area contributed by atoms with Gasteiger partial charge in [-0.05, 0) is 29.3 Å². The highest BCUT2D eigenvalue weighted by molar-refractivity contribution is 5.95. The number of carbonyl (C=O) groups excluding carboxylic acids is 1. The molecule has 26 heavy (non-hydrogen) atoms. The third-order valence-electron chi connectivity index (χ3n) is 4.58. The normalized spacial score (nSPS) is 15.7. The van der Waals surface area contributed by atoms with Gasteiger partial charge in [-0.15, -0.1) is 0 Å². The van der Waals surface area contributed by atoms with E-state index in [2.05, 4.69) is 5.32 Å². The van der Waals surface area contributed by atoms with Crippen molar-refractivity contribution in [2.75, 3.05) is 6.61 Å². The van der Waals surface area contributed by atoms with Gasteiger partial charge in [0.05, 0.1) is 18.2 Å². The van der Waals surface area contributed by atoms with Crippen LogP contribution < -0.4 is 10.1 Å². The molecule has 4 heteroatoms. The van der Waals surface area contributed by atoms with Gasteiger partial charge < -0.3 is 10.1 Å². The molecule has 1 amide bonds. The summed E-state index contributed by atoms with van der Waals surface area (Å²) >= 11 is 0. The molecule has 1 aliphatic rings. The monoisotopic (exact) mass is 347 g/mol. The van der Waals surface area contributed by atoms with Gasteiger partial charge in [0, 0.05) is 12.0 Å². The zero-order chi connectivity index (χ0) is 17.9. The van der Waals surface area contributed by atoms with E-state index in [1.807, 2.05) is 54.6 Å². The van der Waals surface area contributed by atoms with Crippen molar-refractivity contribution in [2.45, 2.75) is 12.5 Å². The summed E-state index contributed by atoms with van der Waals surface area (Å²) in [5.41, 5.74) is 2.63. The number of hydrogen-bond acceptors (Lipinski definition) is 2. The summed E-state index contributed by atoms with van der Waals surface area (Å²) in [6.45, 7) is 0.525. The van der Waals surface area contributed by atoms with Crippen molar-refractivity contribution in [2.24, 2.45) is 0 Å². The summed E-state index contributed by atoms with van der Waals surface area (Å²) in [4.78, 5) is 12.6. The smallest absolute Gasteiger partial charge is 0.254 e. The number of halogens is 1. The predicted octanol–water partition coefficient (Wildman–Crippen LogP) is 4.75. The zero-order valence-electron chi connectivity index (χ0n) is 14.1. The molecule has 0 spiro atoms. The van der Waals surface area contributed by atoms with Crippen molar-refractivity contribution in [1.29, 1.82) is 0 Å². The molecule has 3 aromatic rings. The summed E-state index contributed by atoms with van der Waals surface area (Å²) in [5.74, 6) is -0.169. The maximum absolute atomic E-state index is 14.6. The van der Waals surface area contributed by atoms with E-state index in [1.165, 1.54) is 12.1 Å². The first kappa shape index (κ1) is 16.3. The lowest BCUT2D eigenvalue weighted by atomic mass is 9.99. The fourth-order valence-corrected chi connectivity index (χ4v) is 3.24. The Bertz CT molecular complexity index is 940. The van der Waals surface area contributed by atoms with Crippen LogP contribution in [0.15, 0.2) is 72.8 Å². The molecular formula is C22H18FNO2. The van der Waals surface area contributed by atoms with Gasteiger partial charge in [-0.2, -0.15) is 0 Å². The second kappa shape index (κ2) is 7.00. The zero-order valence-corrected chi connectivity index (χ0v) is 14.1. The molecule has 0 saturated heterocycles. The molecule has 130 valence electrons. The third kappa shape index (κ3) is 3.18. The summed E-state index contributed by atoms with van der Waals surface area (Å²) < 4.78 is 20.2. The largest absolute Gasteiger partial charge is 0.493 e. The van der Waals surface area contributed by atoms with Crippen LogP contribution in [0.5, 0.6) is 5.75 Å². The highest BCUT2D eigenvalue weighted by Gasteiger charge is 2.24. The van der Waals surface area contributed by atoms with Gasteiger partial charge in [-0.25, -0.2) is 4.39 Å². The van der Waals surface area contributed by atoms with Crippen LogP contribution in [0.25, 0.3) is 11.1 Å². The number of ether oxygens (including phenoxy) is 1. The first-order valence-corrected chi connectivity index (χ1v) is 8.60. The van der Waals surface area contributed by atoms with E-state index in [9.17, 15) is 9.18 Å². The first-order chi connectivity index (χ1) is 12.7. The minimum absolute atomic E-state index is 0.0497. The van der Waals surface area contributed by atoms with Gasteiger partial charge in [-0.1, -0.05) is 54.6 Å². The van der Waals surface area contributed by atoms with E-state index in [4.69, 9.17) is 4.74 Å². The predicted molar refractivity (Wildman–Crippen MR) is 98.6 cm³/mol. The van der Waals surface area contributed by atoms with E-state index >= 15 is 0 Å². The van der Waals surface area contributed by atoms with E-state index in [-0.39, 0.29) is 11.6 Å². The molecule has 3 aromatic carbocycles. The van der Waals surface area contributed by atoms with Crippen LogP contribution in [0.4, 0.5) is 4.39 Å². The maximum Gasteiger partial charge on any atom is 0.254 e. The van der Waals surface area contributed by atoms with E-state index in [1.54, 1.807) is 6.07 Å². The number of carbonyl (C=O) groups is 1. The number of rotatable bonds is 3. The second-order valence-electron chi connectivity index (χ2n) is 6.26. The SMILES string of the molecule is O=C(N[C@H]1CCOc2ccccc21)c1ccc(-c2ccccc2)cc1F. The number of hydrogen-bond donors (Lipinski definition) is 1. The Morgan fingerprint density at radius 3 is 2.54 bits per heavy atom. The van der Waals surface area contributed by atoms with Crippen LogP contribution >= 0.6 is 0 Å². The van der Waals surface area contributed by atoms with Crippen molar-refractivity contribution in [1.82, 2.24) is 5.32 Å². The topological polar surface area (TPSA) is 38.3 Å². The summed E-state index contributed by atoms with van der Waals surface area (Å²) in [5, 5.41) is 2.93. The lowest BCUT2D eigenvalue weighted by Gasteiger charge is -2.26. The number of nitrogens with one attached hydrogen (secondary N) is 1. The van der Waals surface area contributed by atoms with Crippen LogP contribution in [0.1, 0.15) is 28.4 Å². The molecule has 0 bridgehead atoms. The van der Waals surface area contributed by atoms with Gasteiger partial charge in [0.2, 0.25) is 0 Å². The number of benzene rings is 3. The summed E-state index contributed by atoms with van der Waals surface area (Å²) in [7, 11) is 0. The molecule has 0 saturated carbocycles. The van der Waals surface area contributed by atoms with Crippen LogP contribution in [0, 0.1) is 5.82 Å². The quantitative estimate of drug-likeness (QED) is 0.743. The summed E-state index contributed by atoms with van der Waals surface area (Å²) in [6, 6.07) is 21.7. The van der Waals surface area contributed by atoms with Gasteiger partial charge >= 0.3 is 0 Å². The fourth-order valence-electron chi connectivity index (χ4n) is 3.24. The molecule has 1 heterocycles. The molecule has 0 aromatic heterocycles. The van der Waals surface area contributed by atoms with Crippen molar-refractivity contribution in [3.05, 3.63) is 89.7 Å². The fraction of sp³-hybridized carbons (Fsp3) is 0.136. The van der Waals surface area contributed by atoms with Crippen molar-refractivity contribution >= 4 is 5.91 Å². The molecule has 0 aliphatic carbocycles. The highest BCUT2D eigenvalue weighted by Crippen LogP contribution is 2.32. The lowest BCUT2D eigenvalue weighted by Crippen LogP contribution is -2.32. The Morgan fingerprint density at radius 1 is 0.962 bits per heavy atom. The second-order valence-corrected chi connectivity index (χ2v) is 6.26. The highest BCUT2D eigenvalue weighted by atomic mass is 19.1. The van der Waals surface area contributed by atoms with Gasteiger partial charge in [-0.3, -0.25) is 4.79 Å². The first-order valence-electron chi connectivity index (χ1n) is 8.60. The van der Waals surface area contributed by atoms with E-state index < -0.39 is 11.7 Å². The van der Waals surface area contributed by atoms with Crippen LogP contribution in [0.2, 0.25) is 0 Å². The van der Waals surface area contributed by atoms with Crippen molar-refractivity contribution < 1.29 is 13.9 Å². The Morgan fingerprint density at radius 2 is 1.73 bits per heavy atom. The molecule has 1 atom stereocenters. The average molecular weight is 347 g/mol. The molecule has 0 radical (unpaired) electrons. The van der Waals surface area contributed by atoms with Crippen LogP contribution in [0.3, 0.4) is 0 Å². The van der Waals surface area contributed by atoms with Crippen molar-refractivity contribution in [3.8, 4) is 16.9 Å². The minimum Gasteiger partial charge on any atom is -0.493 e. The van der Waals surface area contributed by atoms with Crippen LogP contribution in [-0.4, -0.2) is 12.5 Å². The Balaban J connectivity index is 1.56. The third-order valence-corrected chi connectivity index (χ3v) is 4.58. The average Bonchev–Trinajstić information content (AvgIpc) is 2.69. The maximum atomic E-state index is 14.6. The molecule has 0 unspecified atom stereocenters. The molecule has 3 nitrogen and oxygen atoms in total. The number of amides is 1. The Hall–Kier alpha value is -3.14. The summed E-state index contributed by atoms with van der Waals surface area (Å²) in [6.07, 6.45) is 0.659. The number of fused-ring (bicyclic) bond motifs is 1. The molecule has 0 fully saturated rings. The Kier molecular flexibility index (Phi) is 4.40. The Labute approximate surface area is 151 Å². The van der Waals surface area contributed by atoms with Crippen LogP contribution in [-0.2, 0) is 0 Å². The van der Waals surface area contributed by atoms with Gasteiger partial charge in [0.15, 0.2) is 0 Å². The van der Waals surface area contributed by atoms with Gasteiger partial charge in [0.25, 0.3) is 5.91 Å². The standard InChI is InChI=1S/C22H18FNO2/c23-19-14-16(15-6-2-1-3-7-15)10-11-17(19)22(25)24-20-12-13-26-21-9-5-4-8-18(20)21/h1-11,14,20H,12-13H2,(H,24,25)/t20-/m0/s1. The molecule has 4 rings (SSSR count). The van der Waals surface area contributed by atoms with Crippen molar-refractivity contribution in [3.63, 3.8) is 0 Å². The molecule has 1 aliphatic heterocycles. The molecular weight excluding hydrogens is 329 g/mol. The minimum atomic E-state index is -0.524. The lowest BCUT2D eigenvalue weighted by molar-refractivity contribution is 0.0921. The van der Waals surface area contributed by atoms with E-state index in [0.717, 1.165) is 22.4 Å². The number of para-hydroxylation sites is 1. The van der Waals surface area contributed by atoms with E-state index in [0.29, 0.717) is 13.0 Å². The van der Waals surface area contributed by atoms with Gasteiger partial charge in [0.1, 0.15) is 11.6 Å². The molecule has 1 N–H and O–H groups in total.